The Labute approximate surface area is 112 Å². The molecule has 2 aromatic carbocycles. The zero-order valence-corrected chi connectivity index (χ0v) is 11.0. The SMILES string of the molecule is [C-]#[N+]c1ccc(-n2c(C)cc3ccc(C)cc32)cc1. The number of aromatic nitrogens is 1. The van der Waals surface area contributed by atoms with E-state index in [9.17, 15) is 0 Å². The largest absolute Gasteiger partial charge is 0.314 e. The number of aryl methyl sites for hydroxylation is 2. The molecule has 0 aliphatic carbocycles. The number of fused-ring (bicyclic) bond motifs is 1. The van der Waals surface area contributed by atoms with Crippen LogP contribution in [0.2, 0.25) is 0 Å². The Balaban J connectivity index is 2.26. The van der Waals surface area contributed by atoms with Gasteiger partial charge in [-0.3, -0.25) is 0 Å². The van der Waals surface area contributed by atoms with Crippen molar-refractivity contribution in [2.24, 2.45) is 0 Å². The third kappa shape index (κ3) is 1.90. The van der Waals surface area contributed by atoms with Gasteiger partial charge in [-0.15, -0.1) is 0 Å². The van der Waals surface area contributed by atoms with Crippen molar-refractivity contribution < 1.29 is 0 Å². The van der Waals surface area contributed by atoms with E-state index < -0.39 is 0 Å². The van der Waals surface area contributed by atoms with Gasteiger partial charge in [-0.25, -0.2) is 4.85 Å². The number of rotatable bonds is 1. The standard InChI is InChI=1S/C17H14N2/c1-12-4-5-14-11-13(2)19(17(14)10-12)16-8-6-15(18-3)7-9-16/h4-11H,1-2H3. The average Bonchev–Trinajstić information content (AvgIpc) is 2.74. The summed E-state index contributed by atoms with van der Waals surface area (Å²) in [4.78, 5) is 3.43. The van der Waals surface area contributed by atoms with E-state index in [2.05, 4.69) is 47.5 Å². The minimum Gasteiger partial charge on any atom is -0.314 e. The Morgan fingerprint density at radius 2 is 1.68 bits per heavy atom. The van der Waals surface area contributed by atoms with Gasteiger partial charge in [0.2, 0.25) is 0 Å². The maximum atomic E-state index is 7.01. The number of nitrogens with zero attached hydrogens (tertiary/aromatic N) is 2. The normalized spacial score (nSPS) is 10.6. The molecule has 2 heteroatoms. The van der Waals surface area contributed by atoms with E-state index in [1.54, 1.807) is 0 Å². The second-order valence-electron chi connectivity index (χ2n) is 4.81. The molecule has 0 atom stereocenters. The molecule has 0 N–H and O–H groups in total. The van der Waals surface area contributed by atoms with Gasteiger partial charge in [0.1, 0.15) is 0 Å². The summed E-state index contributed by atoms with van der Waals surface area (Å²) < 4.78 is 2.23. The average molecular weight is 246 g/mol. The Hall–Kier alpha value is -2.53. The highest BCUT2D eigenvalue weighted by Crippen LogP contribution is 2.26. The van der Waals surface area contributed by atoms with Crippen molar-refractivity contribution in [3.8, 4) is 5.69 Å². The molecule has 1 heterocycles. The van der Waals surface area contributed by atoms with E-state index >= 15 is 0 Å². The quantitative estimate of drug-likeness (QED) is 0.546. The zero-order chi connectivity index (χ0) is 13.4. The first kappa shape index (κ1) is 11.6. The fourth-order valence-corrected chi connectivity index (χ4v) is 2.47. The first-order chi connectivity index (χ1) is 9.19. The van der Waals surface area contributed by atoms with Crippen molar-refractivity contribution >= 4 is 16.6 Å². The van der Waals surface area contributed by atoms with Crippen molar-refractivity contribution in [1.29, 1.82) is 0 Å². The molecule has 0 bridgehead atoms. The maximum Gasteiger partial charge on any atom is 0.187 e. The van der Waals surface area contributed by atoms with Gasteiger partial charge in [-0.05, 0) is 43.7 Å². The smallest absolute Gasteiger partial charge is 0.187 e. The summed E-state index contributed by atoms with van der Waals surface area (Å²) in [5.74, 6) is 0. The lowest BCUT2D eigenvalue weighted by molar-refractivity contribution is 1.05. The number of hydrogen-bond donors (Lipinski definition) is 0. The molecule has 0 spiro atoms. The van der Waals surface area contributed by atoms with E-state index in [4.69, 9.17) is 6.57 Å². The van der Waals surface area contributed by atoms with Gasteiger partial charge in [0.25, 0.3) is 0 Å². The monoisotopic (exact) mass is 246 g/mol. The molecule has 0 aliphatic rings. The van der Waals surface area contributed by atoms with Gasteiger partial charge in [0, 0.05) is 16.8 Å². The van der Waals surface area contributed by atoms with Crippen molar-refractivity contribution in [1.82, 2.24) is 4.57 Å². The van der Waals surface area contributed by atoms with Crippen molar-refractivity contribution in [3.05, 3.63) is 71.2 Å². The summed E-state index contributed by atoms with van der Waals surface area (Å²) in [5.41, 5.74) is 5.45. The molecule has 0 amide bonds. The topological polar surface area (TPSA) is 9.29 Å². The van der Waals surface area contributed by atoms with E-state index in [0.29, 0.717) is 5.69 Å². The van der Waals surface area contributed by atoms with Crippen LogP contribution < -0.4 is 0 Å². The maximum absolute atomic E-state index is 7.01. The Morgan fingerprint density at radius 3 is 2.37 bits per heavy atom. The minimum absolute atomic E-state index is 0.675. The summed E-state index contributed by atoms with van der Waals surface area (Å²) in [6, 6.07) is 16.4. The molecule has 92 valence electrons. The van der Waals surface area contributed by atoms with Crippen LogP contribution in [0.3, 0.4) is 0 Å². The molecule has 0 saturated carbocycles. The molecule has 0 saturated heterocycles. The number of hydrogen-bond acceptors (Lipinski definition) is 0. The molecule has 3 aromatic rings. The predicted molar refractivity (Wildman–Crippen MR) is 79.0 cm³/mol. The Kier molecular flexibility index (Phi) is 2.61. The van der Waals surface area contributed by atoms with Crippen molar-refractivity contribution in [2.45, 2.75) is 13.8 Å². The van der Waals surface area contributed by atoms with Gasteiger partial charge >= 0.3 is 0 Å². The third-order valence-electron chi connectivity index (χ3n) is 3.38. The first-order valence-electron chi connectivity index (χ1n) is 6.25. The van der Waals surface area contributed by atoms with Gasteiger partial charge in [-0.1, -0.05) is 24.3 Å². The molecule has 0 unspecified atom stereocenters. The lowest BCUT2D eigenvalue weighted by atomic mass is 10.2. The van der Waals surface area contributed by atoms with Gasteiger partial charge in [-0.2, -0.15) is 0 Å². The van der Waals surface area contributed by atoms with Crippen LogP contribution in [0.25, 0.3) is 21.4 Å². The van der Waals surface area contributed by atoms with Gasteiger partial charge in [0.05, 0.1) is 12.1 Å². The molecule has 19 heavy (non-hydrogen) atoms. The summed E-state index contributed by atoms with van der Waals surface area (Å²) in [6.45, 7) is 11.2. The highest BCUT2D eigenvalue weighted by molar-refractivity contribution is 5.84. The molecule has 0 radical (unpaired) electrons. The van der Waals surface area contributed by atoms with Crippen LogP contribution in [0.4, 0.5) is 5.69 Å². The van der Waals surface area contributed by atoms with E-state index in [-0.39, 0.29) is 0 Å². The van der Waals surface area contributed by atoms with Crippen molar-refractivity contribution in [2.75, 3.05) is 0 Å². The van der Waals surface area contributed by atoms with Crippen LogP contribution >= 0.6 is 0 Å². The molecular formula is C17H14N2. The van der Waals surface area contributed by atoms with Gasteiger partial charge < -0.3 is 4.57 Å². The summed E-state index contributed by atoms with van der Waals surface area (Å²) in [5, 5.41) is 1.25. The number of benzene rings is 2. The van der Waals surface area contributed by atoms with E-state index in [1.807, 2.05) is 24.3 Å². The van der Waals surface area contributed by atoms with E-state index in [0.717, 1.165) is 5.69 Å². The lowest BCUT2D eigenvalue weighted by Crippen LogP contribution is -1.95. The van der Waals surface area contributed by atoms with Crippen LogP contribution in [-0.2, 0) is 0 Å². The highest BCUT2D eigenvalue weighted by Gasteiger charge is 2.07. The molecule has 2 nitrogen and oxygen atoms in total. The molecule has 0 aliphatic heterocycles. The summed E-state index contributed by atoms with van der Waals surface area (Å²) >= 11 is 0. The molecular weight excluding hydrogens is 232 g/mol. The van der Waals surface area contributed by atoms with Crippen LogP contribution in [0.5, 0.6) is 0 Å². The zero-order valence-electron chi connectivity index (χ0n) is 11.0. The van der Waals surface area contributed by atoms with Crippen molar-refractivity contribution in [3.63, 3.8) is 0 Å². The minimum atomic E-state index is 0.675. The Bertz CT molecular complexity index is 786. The van der Waals surface area contributed by atoms with Gasteiger partial charge in [0.15, 0.2) is 5.69 Å². The second-order valence-corrected chi connectivity index (χ2v) is 4.81. The van der Waals surface area contributed by atoms with Crippen LogP contribution in [0.15, 0.2) is 48.5 Å². The predicted octanol–water partition coefficient (Wildman–Crippen LogP) is 4.80. The lowest BCUT2D eigenvalue weighted by Gasteiger charge is -2.09. The van der Waals surface area contributed by atoms with Crippen LogP contribution in [-0.4, -0.2) is 4.57 Å². The third-order valence-corrected chi connectivity index (χ3v) is 3.38. The van der Waals surface area contributed by atoms with E-state index in [1.165, 1.54) is 22.2 Å². The Morgan fingerprint density at radius 1 is 0.947 bits per heavy atom. The highest BCUT2D eigenvalue weighted by atomic mass is 15.0. The van der Waals surface area contributed by atoms with Crippen LogP contribution in [0, 0.1) is 20.4 Å². The molecule has 1 aromatic heterocycles. The fourth-order valence-electron chi connectivity index (χ4n) is 2.47. The summed E-state index contributed by atoms with van der Waals surface area (Å²) in [7, 11) is 0. The first-order valence-corrected chi connectivity index (χ1v) is 6.25. The fraction of sp³-hybridized carbons (Fsp3) is 0.118. The summed E-state index contributed by atoms with van der Waals surface area (Å²) in [6.07, 6.45) is 0. The second kappa shape index (κ2) is 4.29. The molecule has 3 rings (SSSR count). The molecule has 0 fully saturated rings. The van der Waals surface area contributed by atoms with Crippen LogP contribution in [0.1, 0.15) is 11.3 Å².